The molecule has 2 aliphatic heterocycles. The number of thioether (sulfide) groups is 1. The van der Waals surface area contributed by atoms with Crippen molar-refractivity contribution in [2.45, 2.75) is 30.9 Å². The van der Waals surface area contributed by atoms with Crippen molar-refractivity contribution in [3.05, 3.63) is 41.8 Å². The number of hydrogen-bond donors (Lipinski definition) is 3. The molecule has 0 aromatic carbocycles. The molecular weight excluding hydrogens is 579 g/mol. The summed E-state index contributed by atoms with van der Waals surface area (Å²) in [5.41, 5.74) is 6.88. The number of carboxylic acid groups (broad SMARTS) is 1. The largest absolute Gasteiger partial charge is 0.543 e. The van der Waals surface area contributed by atoms with Gasteiger partial charge < -0.3 is 35.7 Å². The van der Waals surface area contributed by atoms with Crippen molar-refractivity contribution in [1.29, 1.82) is 0 Å². The van der Waals surface area contributed by atoms with E-state index in [4.69, 9.17) is 5.73 Å². The van der Waals surface area contributed by atoms with Gasteiger partial charge in [-0.25, -0.2) is 8.96 Å². The second kappa shape index (κ2) is 12.1. The smallest absolute Gasteiger partial charge is 0.349 e. The number of anilines is 1. The first-order valence-electron chi connectivity index (χ1n) is 12.4. The fourth-order valence-electron chi connectivity index (χ4n) is 4.63. The third-order valence-corrected chi connectivity index (χ3v) is 8.32. The molecular formula is C23H25FN10O5S2. The van der Waals surface area contributed by atoms with E-state index in [2.05, 4.69) is 35.0 Å². The van der Waals surface area contributed by atoms with Gasteiger partial charge in [0.05, 0.1) is 17.9 Å². The molecule has 15 nitrogen and oxygen atoms in total. The molecule has 5 heterocycles. The first kappa shape index (κ1) is 28.4. The fraction of sp³-hybridized carbons (Fsp3) is 0.391. The van der Waals surface area contributed by atoms with E-state index >= 15 is 0 Å². The number of nitrogens with two attached hydrogens (primary N) is 1. The molecule has 0 saturated carbocycles. The van der Waals surface area contributed by atoms with Gasteiger partial charge in [0, 0.05) is 29.4 Å². The highest BCUT2D eigenvalue weighted by Gasteiger charge is 2.53. The minimum absolute atomic E-state index is 0.0415. The molecule has 5 rings (SSSR count). The number of nitrogen functional groups attached to an aromatic ring is 1. The summed E-state index contributed by atoms with van der Waals surface area (Å²) in [6.45, 7) is 0.479. The van der Waals surface area contributed by atoms with Gasteiger partial charge in [-0.15, -0.1) is 11.8 Å². The van der Waals surface area contributed by atoms with Crippen LogP contribution in [0.25, 0.3) is 11.2 Å². The number of aromatic nitrogens is 5. The van der Waals surface area contributed by atoms with Crippen LogP contribution in [0, 0.1) is 0 Å². The summed E-state index contributed by atoms with van der Waals surface area (Å²) in [5.74, 6) is -3.01. The van der Waals surface area contributed by atoms with Crippen molar-refractivity contribution in [3.8, 4) is 0 Å². The standard InChI is InChI=1S/C23H25FN10O5S2/c1-26-5-3-7-33-11-27-18-13(33)4-2-6-32(18)8-12-9-40-21-15(20(36)34(21)16(12)22(37)38)28-19(35)14(30-39-10-24)17-29-23(25)41-31-17/h2,4,6,11,15,21,26H,3,5,7-10H2,1H3,(H3-,25,28,29,31,35,37,38)/b30-14-. The zero-order chi connectivity index (χ0) is 29.1. The molecule has 0 bridgehead atoms. The zero-order valence-corrected chi connectivity index (χ0v) is 23.3. The molecule has 18 heteroatoms. The lowest BCUT2D eigenvalue weighted by molar-refractivity contribution is -0.664. The number of oxime groups is 1. The number of carbonyl (C=O) groups is 3. The molecule has 0 radical (unpaired) electrons. The predicted octanol–water partition coefficient (Wildman–Crippen LogP) is -1.88. The number of carboxylic acids is 1. The van der Waals surface area contributed by atoms with Crippen molar-refractivity contribution < 1.29 is 33.3 Å². The topological polar surface area (TPSA) is 197 Å². The molecule has 4 N–H and O–H groups in total. The van der Waals surface area contributed by atoms with E-state index in [1.807, 2.05) is 28.3 Å². The van der Waals surface area contributed by atoms with Gasteiger partial charge in [0.15, 0.2) is 5.13 Å². The molecule has 3 aromatic rings. The number of nitrogens with one attached hydrogen (secondary N) is 2. The normalized spacial score (nSPS) is 18.8. The minimum atomic E-state index is -1.51. The first-order chi connectivity index (χ1) is 19.8. The molecule has 2 unspecified atom stereocenters. The average molecular weight is 605 g/mol. The Kier molecular flexibility index (Phi) is 8.41. The Hall–Kier alpha value is -4.16. The van der Waals surface area contributed by atoms with Gasteiger partial charge in [0.25, 0.3) is 18.7 Å². The van der Waals surface area contributed by atoms with Crippen LogP contribution in [0.4, 0.5) is 9.52 Å². The molecule has 2 atom stereocenters. The Morgan fingerprint density at radius 3 is 2.95 bits per heavy atom. The van der Waals surface area contributed by atoms with Crippen LogP contribution in [-0.4, -0.2) is 84.9 Å². The number of nitrogens with zero attached hydrogens (tertiary/aromatic N) is 7. The van der Waals surface area contributed by atoms with Gasteiger partial charge in [0.2, 0.25) is 17.9 Å². The number of carbonyl (C=O) groups excluding carboxylic acids is 3. The maximum absolute atomic E-state index is 13.1. The SMILES string of the molecule is CNCCCn1cnc2c1ccc[n+]2CC1=C(C(=O)[O-])N2C(=O)C(NC(=O)/C(=N\OCF)c3nsc(N)n3)C2SC1. The summed E-state index contributed by atoms with van der Waals surface area (Å²) in [5, 5.41) is 20.6. The molecule has 3 aromatic heterocycles. The van der Waals surface area contributed by atoms with E-state index in [0.29, 0.717) is 11.2 Å². The van der Waals surface area contributed by atoms with Gasteiger partial charge in [-0.1, -0.05) is 5.16 Å². The number of fused-ring (bicyclic) bond motifs is 2. The number of alkyl halides is 1. The lowest BCUT2D eigenvalue weighted by atomic mass is 10.0. The Labute approximate surface area is 240 Å². The van der Waals surface area contributed by atoms with Crippen LogP contribution in [0.2, 0.25) is 0 Å². The number of imidazole rings is 1. The van der Waals surface area contributed by atoms with E-state index in [1.165, 1.54) is 11.8 Å². The Morgan fingerprint density at radius 1 is 1.41 bits per heavy atom. The molecule has 0 spiro atoms. The molecule has 216 valence electrons. The molecule has 1 fully saturated rings. The highest BCUT2D eigenvalue weighted by atomic mass is 32.2. The second-order valence-electron chi connectivity index (χ2n) is 8.97. The summed E-state index contributed by atoms with van der Waals surface area (Å²) in [6, 6.07) is 2.71. The van der Waals surface area contributed by atoms with Crippen molar-refractivity contribution in [1.82, 2.24) is 34.4 Å². The highest BCUT2D eigenvalue weighted by Crippen LogP contribution is 2.40. The molecule has 41 heavy (non-hydrogen) atoms. The number of halogens is 1. The summed E-state index contributed by atoms with van der Waals surface area (Å²) < 4.78 is 20.3. The number of amides is 2. The van der Waals surface area contributed by atoms with Crippen LogP contribution in [-0.2, 0) is 32.3 Å². The lowest BCUT2D eigenvalue weighted by Crippen LogP contribution is -2.71. The maximum Gasteiger partial charge on any atom is 0.349 e. The highest BCUT2D eigenvalue weighted by molar-refractivity contribution is 8.00. The van der Waals surface area contributed by atoms with Gasteiger partial charge in [-0.2, -0.15) is 9.36 Å². The summed E-state index contributed by atoms with van der Waals surface area (Å²) >= 11 is 2.07. The lowest BCUT2D eigenvalue weighted by Gasteiger charge is -2.50. The number of aryl methyl sites for hydroxylation is 1. The second-order valence-corrected chi connectivity index (χ2v) is 10.9. The van der Waals surface area contributed by atoms with Crippen LogP contribution < -0.4 is 26.0 Å². The minimum Gasteiger partial charge on any atom is -0.543 e. The van der Waals surface area contributed by atoms with Crippen LogP contribution >= 0.6 is 23.3 Å². The quantitative estimate of drug-likeness (QED) is 0.0688. The zero-order valence-electron chi connectivity index (χ0n) is 21.7. The van der Waals surface area contributed by atoms with E-state index in [-0.39, 0.29) is 29.0 Å². The number of hydrogen-bond acceptors (Lipinski definition) is 13. The number of pyridine rings is 1. The van der Waals surface area contributed by atoms with Gasteiger partial charge >= 0.3 is 5.65 Å². The molecule has 2 amide bonds. The van der Waals surface area contributed by atoms with E-state index in [0.717, 1.165) is 41.5 Å². The number of β-lactam (4-membered cyclic amide) rings is 1. The molecule has 0 aliphatic carbocycles. The van der Waals surface area contributed by atoms with E-state index in [1.54, 1.807) is 12.5 Å². The summed E-state index contributed by atoms with van der Waals surface area (Å²) in [6.07, 6.45) is 4.45. The van der Waals surface area contributed by atoms with Crippen LogP contribution in [0.1, 0.15) is 12.2 Å². The van der Waals surface area contributed by atoms with Crippen molar-refractivity contribution in [2.24, 2.45) is 5.16 Å². The van der Waals surface area contributed by atoms with Crippen molar-refractivity contribution in [2.75, 3.05) is 31.9 Å². The Bertz CT molecular complexity index is 1560. The van der Waals surface area contributed by atoms with E-state index in [9.17, 15) is 23.9 Å². The number of rotatable bonds is 12. The first-order valence-corrected chi connectivity index (χ1v) is 14.2. The van der Waals surface area contributed by atoms with Gasteiger partial charge in [0.1, 0.15) is 23.5 Å². The average Bonchev–Trinajstić information content (AvgIpc) is 3.58. The van der Waals surface area contributed by atoms with Crippen LogP contribution in [0.3, 0.4) is 0 Å². The Balaban J connectivity index is 1.35. The van der Waals surface area contributed by atoms with Crippen LogP contribution in [0.5, 0.6) is 0 Å². The summed E-state index contributed by atoms with van der Waals surface area (Å²) in [7, 11) is 1.89. The van der Waals surface area contributed by atoms with Crippen LogP contribution in [0.15, 0.2) is 41.1 Å². The monoisotopic (exact) mass is 604 g/mol. The third kappa shape index (κ3) is 5.57. The van der Waals surface area contributed by atoms with E-state index < -0.39 is 41.8 Å². The number of aliphatic carboxylic acids is 1. The molecule has 2 aliphatic rings. The Morgan fingerprint density at radius 2 is 2.24 bits per heavy atom. The predicted molar refractivity (Wildman–Crippen MR) is 143 cm³/mol. The summed E-state index contributed by atoms with van der Waals surface area (Å²) in [4.78, 5) is 52.1. The van der Waals surface area contributed by atoms with Crippen molar-refractivity contribution in [3.63, 3.8) is 0 Å². The third-order valence-electron chi connectivity index (χ3n) is 6.44. The van der Waals surface area contributed by atoms with Crippen molar-refractivity contribution >= 4 is 63.1 Å². The maximum atomic E-state index is 13.1. The fourth-order valence-corrected chi connectivity index (χ4v) is 6.40. The molecule has 1 saturated heterocycles. The van der Waals surface area contributed by atoms with Gasteiger partial charge in [-0.05, 0) is 37.1 Å². The van der Waals surface area contributed by atoms with Gasteiger partial charge in [-0.3, -0.25) is 14.5 Å².